The van der Waals surface area contributed by atoms with Crippen LogP contribution in [0.2, 0.25) is 0 Å². The number of carbonyl (C=O) groups is 2. The van der Waals surface area contributed by atoms with E-state index in [1.807, 2.05) is 0 Å². The van der Waals surface area contributed by atoms with Crippen molar-refractivity contribution >= 4 is 22.1 Å². The van der Waals surface area contributed by atoms with Crippen LogP contribution in [-0.2, 0) is 29.2 Å². The zero-order valence-corrected chi connectivity index (χ0v) is 14.0. The fourth-order valence-electron chi connectivity index (χ4n) is 4.98. The third-order valence-electron chi connectivity index (χ3n) is 5.48. The fourth-order valence-corrected chi connectivity index (χ4v) is 5.29. The average molecular weight is 364 g/mol. The van der Waals surface area contributed by atoms with Gasteiger partial charge in [0.2, 0.25) is 0 Å². The first-order chi connectivity index (χ1) is 11.2. The highest BCUT2D eigenvalue weighted by molar-refractivity contribution is 7.87. The second-order valence-corrected chi connectivity index (χ2v) is 8.78. The molecule has 0 aromatic carbocycles. The number of ether oxygens (including phenoxy) is 2. The summed E-state index contributed by atoms with van der Waals surface area (Å²) in [5, 5.41) is 0. The third-order valence-corrected chi connectivity index (χ3v) is 6.19. The summed E-state index contributed by atoms with van der Waals surface area (Å²) < 4.78 is 51.9. The number of carbonyl (C=O) groups excluding carboxylic acids is 2. The Labute approximate surface area is 139 Å². The van der Waals surface area contributed by atoms with Gasteiger partial charge in [0.15, 0.2) is 0 Å². The quantitative estimate of drug-likeness (QED) is 0.432. The highest BCUT2D eigenvalue weighted by atomic mass is 32.2. The number of esters is 2. The lowest BCUT2D eigenvalue weighted by molar-refractivity contribution is -0.174. The summed E-state index contributed by atoms with van der Waals surface area (Å²) in [6.07, 6.45) is 6.10. The van der Waals surface area contributed by atoms with Gasteiger partial charge in [0.05, 0.1) is 5.41 Å². The Bertz CT molecular complexity index is 594. The summed E-state index contributed by atoms with van der Waals surface area (Å²) in [7, 11) is -5.14. The molecule has 0 amide bonds. The van der Waals surface area contributed by atoms with Gasteiger partial charge in [-0.2, -0.15) is 8.42 Å². The predicted octanol–water partition coefficient (Wildman–Crippen LogP) is 1.47. The minimum absolute atomic E-state index is 0.259. The number of hydrogen-bond donors (Lipinski definition) is 1. The van der Waals surface area contributed by atoms with E-state index in [2.05, 4.69) is 4.74 Å². The van der Waals surface area contributed by atoms with Crippen LogP contribution in [0.4, 0.5) is 4.39 Å². The Morgan fingerprint density at radius 3 is 1.96 bits per heavy atom. The van der Waals surface area contributed by atoms with Gasteiger partial charge in [0, 0.05) is 0 Å². The van der Waals surface area contributed by atoms with E-state index in [1.165, 1.54) is 19.3 Å². The van der Waals surface area contributed by atoms with E-state index in [1.54, 1.807) is 0 Å². The van der Waals surface area contributed by atoms with Gasteiger partial charge in [-0.1, -0.05) is 0 Å². The molecule has 7 nitrogen and oxygen atoms in total. The van der Waals surface area contributed by atoms with Crippen molar-refractivity contribution in [2.24, 2.45) is 23.2 Å². The van der Waals surface area contributed by atoms with Crippen LogP contribution in [0.5, 0.6) is 0 Å². The molecular formula is C15H21FO7S. The van der Waals surface area contributed by atoms with Crippen molar-refractivity contribution in [2.45, 2.75) is 44.0 Å². The second-order valence-electron chi connectivity index (χ2n) is 7.33. The van der Waals surface area contributed by atoms with Crippen LogP contribution in [0.3, 0.4) is 0 Å². The van der Waals surface area contributed by atoms with E-state index in [0.29, 0.717) is 17.8 Å². The topological polar surface area (TPSA) is 107 Å². The molecule has 24 heavy (non-hydrogen) atoms. The lowest BCUT2D eigenvalue weighted by Crippen LogP contribution is -2.50. The van der Waals surface area contributed by atoms with Crippen molar-refractivity contribution in [2.75, 3.05) is 13.2 Å². The van der Waals surface area contributed by atoms with E-state index in [9.17, 15) is 22.4 Å². The van der Waals surface area contributed by atoms with E-state index in [-0.39, 0.29) is 12.6 Å². The van der Waals surface area contributed by atoms with Crippen molar-refractivity contribution in [1.82, 2.24) is 0 Å². The summed E-state index contributed by atoms with van der Waals surface area (Å²) in [6.45, 7) is -0.711. The summed E-state index contributed by atoms with van der Waals surface area (Å²) in [5.41, 5.74) is -3.58. The largest absolute Gasteiger partial charge is 0.462 e. The predicted molar refractivity (Wildman–Crippen MR) is 79.0 cm³/mol. The first-order valence-electron chi connectivity index (χ1n) is 8.14. The van der Waals surface area contributed by atoms with Crippen molar-refractivity contribution in [1.29, 1.82) is 0 Å². The Morgan fingerprint density at radius 1 is 1.04 bits per heavy atom. The molecule has 9 heteroatoms. The van der Waals surface area contributed by atoms with Gasteiger partial charge in [0.25, 0.3) is 0 Å². The molecule has 1 unspecified atom stereocenters. The van der Waals surface area contributed by atoms with Gasteiger partial charge >= 0.3 is 27.6 Å². The van der Waals surface area contributed by atoms with Crippen molar-refractivity contribution < 1.29 is 36.4 Å². The van der Waals surface area contributed by atoms with E-state index in [4.69, 9.17) is 9.29 Å². The van der Waals surface area contributed by atoms with Crippen LogP contribution in [0.1, 0.15) is 38.5 Å². The lowest BCUT2D eigenvalue weighted by Gasteiger charge is -2.55. The second kappa shape index (κ2) is 6.25. The number of alkyl halides is 1. The molecule has 0 aliphatic heterocycles. The normalized spacial score (nSPS) is 35.5. The van der Waals surface area contributed by atoms with E-state index in [0.717, 1.165) is 19.3 Å². The maximum Gasteiger partial charge on any atom is 0.359 e. The van der Waals surface area contributed by atoms with Gasteiger partial charge in [-0.05, 0) is 56.3 Å². The molecule has 0 aromatic heterocycles. The molecule has 0 radical (unpaired) electrons. The molecule has 4 aliphatic rings. The lowest BCUT2D eigenvalue weighted by atomic mass is 9.49. The molecule has 4 bridgehead atoms. The highest BCUT2D eigenvalue weighted by Gasteiger charge is 2.55. The first-order valence-corrected chi connectivity index (χ1v) is 9.64. The molecule has 1 atom stereocenters. The first kappa shape index (κ1) is 17.6. The molecule has 4 aliphatic carbocycles. The molecule has 1 N–H and O–H groups in total. The zero-order chi connectivity index (χ0) is 17.5. The van der Waals surface area contributed by atoms with E-state index < -0.39 is 33.6 Å². The monoisotopic (exact) mass is 364 g/mol. The standard InChI is InChI=1S/C15H21FO7S/c16-12(24(19,20)21)13(17)22-1-2-23-14(18)15-6-9-3-10(7-15)5-11(4-9)8-15/h9-12H,1-8H2,(H,19,20,21). The minimum atomic E-state index is -5.14. The Morgan fingerprint density at radius 2 is 1.50 bits per heavy atom. The molecule has 0 heterocycles. The maximum atomic E-state index is 13.0. The van der Waals surface area contributed by atoms with Crippen LogP contribution in [-0.4, -0.2) is 43.6 Å². The molecule has 0 aromatic rings. The summed E-state index contributed by atoms with van der Waals surface area (Å²) in [5.74, 6) is -0.261. The molecule has 4 fully saturated rings. The SMILES string of the molecule is O=C(OCCOC(=O)C12CC3CC(CC(C3)C1)C2)C(F)S(=O)(=O)O. The van der Waals surface area contributed by atoms with Crippen LogP contribution in [0.15, 0.2) is 0 Å². The van der Waals surface area contributed by atoms with Crippen LogP contribution in [0, 0.1) is 23.2 Å². The zero-order valence-electron chi connectivity index (χ0n) is 13.1. The van der Waals surface area contributed by atoms with Crippen molar-refractivity contribution in [3.8, 4) is 0 Å². The Balaban J connectivity index is 1.46. The molecule has 4 rings (SSSR count). The van der Waals surface area contributed by atoms with Gasteiger partial charge in [0.1, 0.15) is 13.2 Å². The van der Waals surface area contributed by atoms with Gasteiger partial charge in [-0.3, -0.25) is 9.35 Å². The van der Waals surface area contributed by atoms with Crippen LogP contribution >= 0.6 is 0 Å². The van der Waals surface area contributed by atoms with E-state index >= 15 is 0 Å². The Kier molecular flexibility index (Phi) is 4.59. The summed E-state index contributed by atoms with van der Waals surface area (Å²) >= 11 is 0. The number of hydrogen-bond acceptors (Lipinski definition) is 6. The van der Waals surface area contributed by atoms with Gasteiger partial charge in [-0.15, -0.1) is 0 Å². The summed E-state index contributed by atoms with van der Waals surface area (Å²) in [4.78, 5) is 23.5. The molecular weight excluding hydrogens is 343 g/mol. The minimum Gasteiger partial charge on any atom is -0.462 e. The highest BCUT2D eigenvalue weighted by Crippen LogP contribution is 2.60. The van der Waals surface area contributed by atoms with Crippen molar-refractivity contribution in [3.05, 3.63) is 0 Å². The maximum absolute atomic E-state index is 13.0. The molecule has 4 saturated carbocycles. The third kappa shape index (κ3) is 3.42. The molecule has 0 spiro atoms. The Hall–Kier alpha value is -1.22. The fraction of sp³-hybridized carbons (Fsp3) is 0.867. The van der Waals surface area contributed by atoms with Crippen molar-refractivity contribution in [3.63, 3.8) is 0 Å². The smallest absolute Gasteiger partial charge is 0.359 e. The molecule has 0 saturated heterocycles. The molecule has 136 valence electrons. The van der Waals surface area contributed by atoms with Gasteiger partial charge in [-0.25, -0.2) is 9.18 Å². The number of rotatable bonds is 6. The average Bonchev–Trinajstić information content (AvgIpc) is 2.48. The number of halogens is 1. The van der Waals surface area contributed by atoms with Crippen LogP contribution in [0.25, 0.3) is 0 Å². The van der Waals surface area contributed by atoms with Gasteiger partial charge < -0.3 is 9.47 Å². The summed E-state index contributed by atoms with van der Waals surface area (Å²) in [6, 6.07) is 0. The van der Waals surface area contributed by atoms with Crippen LogP contribution < -0.4 is 0 Å².